The van der Waals surface area contributed by atoms with E-state index < -0.39 is 0 Å². The van der Waals surface area contributed by atoms with E-state index in [1.807, 2.05) is 11.1 Å². The van der Waals surface area contributed by atoms with E-state index >= 15 is 0 Å². The standard InChI is InChI=1S/C17H21FN2O/c1-17(10-12-5-6-12)11-19-8-7-15(20(19)16(17)21)13-3-2-4-14(18)9-13/h2-4,9,12,15H,5-8,10-11H2,1H3/t15-,17+/m1/s1. The van der Waals surface area contributed by atoms with Gasteiger partial charge in [-0.05, 0) is 43.4 Å². The number of halogens is 1. The van der Waals surface area contributed by atoms with Crippen molar-refractivity contribution in [3.05, 3.63) is 35.6 Å². The molecule has 4 rings (SSSR count). The van der Waals surface area contributed by atoms with Crippen molar-refractivity contribution in [2.75, 3.05) is 13.1 Å². The third-order valence-electron chi connectivity index (χ3n) is 5.19. The first-order valence-corrected chi connectivity index (χ1v) is 7.91. The summed E-state index contributed by atoms with van der Waals surface area (Å²) in [6.45, 7) is 3.83. The lowest BCUT2D eigenvalue weighted by Gasteiger charge is -2.27. The molecule has 0 N–H and O–H groups in total. The van der Waals surface area contributed by atoms with Crippen LogP contribution in [-0.4, -0.2) is 29.0 Å². The lowest BCUT2D eigenvalue weighted by molar-refractivity contribution is -0.143. The molecule has 4 heteroatoms. The van der Waals surface area contributed by atoms with Crippen LogP contribution < -0.4 is 0 Å². The van der Waals surface area contributed by atoms with Crippen LogP contribution in [0.4, 0.5) is 4.39 Å². The van der Waals surface area contributed by atoms with Crippen LogP contribution in [0.2, 0.25) is 0 Å². The highest BCUT2D eigenvalue weighted by molar-refractivity contribution is 5.85. The number of carbonyl (C=O) groups is 1. The Morgan fingerprint density at radius 3 is 2.86 bits per heavy atom. The van der Waals surface area contributed by atoms with Crippen molar-refractivity contribution < 1.29 is 9.18 Å². The highest BCUT2D eigenvalue weighted by Crippen LogP contribution is 2.48. The molecule has 0 spiro atoms. The largest absolute Gasteiger partial charge is 0.273 e. The van der Waals surface area contributed by atoms with Gasteiger partial charge in [0, 0.05) is 13.1 Å². The monoisotopic (exact) mass is 288 g/mol. The second-order valence-electron chi connectivity index (χ2n) is 7.11. The molecule has 0 bridgehead atoms. The number of hydrazine groups is 1. The van der Waals surface area contributed by atoms with E-state index in [4.69, 9.17) is 0 Å². The molecule has 0 aromatic heterocycles. The first kappa shape index (κ1) is 13.3. The summed E-state index contributed by atoms with van der Waals surface area (Å²) in [5.41, 5.74) is 0.675. The van der Waals surface area contributed by atoms with Crippen molar-refractivity contribution in [2.45, 2.75) is 38.6 Å². The minimum Gasteiger partial charge on any atom is -0.273 e. The highest BCUT2D eigenvalue weighted by Gasteiger charge is 2.54. The van der Waals surface area contributed by atoms with Crippen molar-refractivity contribution in [3.63, 3.8) is 0 Å². The average Bonchev–Trinajstić information content (AvgIpc) is 3.09. The first-order valence-electron chi connectivity index (χ1n) is 7.91. The number of hydrogen-bond acceptors (Lipinski definition) is 2. The van der Waals surface area contributed by atoms with Gasteiger partial charge in [0.05, 0.1) is 11.5 Å². The van der Waals surface area contributed by atoms with Crippen molar-refractivity contribution >= 4 is 5.91 Å². The van der Waals surface area contributed by atoms with Crippen LogP contribution in [0.1, 0.15) is 44.2 Å². The van der Waals surface area contributed by atoms with Crippen molar-refractivity contribution in [2.24, 2.45) is 11.3 Å². The Balaban J connectivity index is 1.61. The summed E-state index contributed by atoms with van der Waals surface area (Å²) in [5.74, 6) is 0.757. The molecular weight excluding hydrogens is 267 g/mol. The summed E-state index contributed by atoms with van der Waals surface area (Å²) < 4.78 is 13.5. The lowest BCUT2D eigenvalue weighted by Crippen LogP contribution is -2.36. The molecule has 2 atom stereocenters. The Kier molecular flexibility index (Phi) is 2.86. The van der Waals surface area contributed by atoms with Crippen molar-refractivity contribution in [1.29, 1.82) is 0 Å². The highest BCUT2D eigenvalue weighted by atomic mass is 19.1. The second kappa shape index (κ2) is 4.54. The molecule has 0 radical (unpaired) electrons. The Hall–Kier alpha value is -1.42. The van der Waals surface area contributed by atoms with Gasteiger partial charge in [-0.15, -0.1) is 0 Å². The van der Waals surface area contributed by atoms with Gasteiger partial charge in [-0.3, -0.25) is 9.80 Å². The summed E-state index contributed by atoms with van der Waals surface area (Å²) in [7, 11) is 0. The fourth-order valence-electron chi connectivity index (χ4n) is 4.00. The number of amides is 1. The number of fused-ring (bicyclic) bond motifs is 1. The molecule has 2 aliphatic heterocycles. The van der Waals surface area contributed by atoms with Gasteiger partial charge in [-0.2, -0.15) is 0 Å². The number of nitrogens with zero attached hydrogens (tertiary/aromatic N) is 2. The molecule has 1 saturated carbocycles. The van der Waals surface area contributed by atoms with E-state index in [1.54, 1.807) is 12.1 Å². The molecule has 0 unspecified atom stereocenters. The van der Waals surface area contributed by atoms with Crippen LogP contribution in [0.25, 0.3) is 0 Å². The molecule has 3 fully saturated rings. The van der Waals surface area contributed by atoms with Crippen molar-refractivity contribution in [1.82, 2.24) is 10.0 Å². The number of carbonyl (C=O) groups excluding carboxylic acids is 1. The topological polar surface area (TPSA) is 23.6 Å². The maximum absolute atomic E-state index is 13.5. The maximum atomic E-state index is 13.5. The molecule has 1 aromatic carbocycles. The number of benzene rings is 1. The van der Waals surface area contributed by atoms with Gasteiger partial charge in [0.25, 0.3) is 0 Å². The van der Waals surface area contributed by atoms with Gasteiger partial charge in [0.2, 0.25) is 5.91 Å². The quantitative estimate of drug-likeness (QED) is 0.853. The molecule has 3 aliphatic rings. The smallest absolute Gasteiger partial charge is 0.244 e. The average molecular weight is 288 g/mol. The number of rotatable bonds is 3. The zero-order valence-electron chi connectivity index (χ0n) is 12.4. The summed E-state index contributed by atoms with van der Waals surface area (Å²) in [4.78, 5) is 12.9. The molecule has 2 heterocycles. The molecule has 3 nitrogen and oxygen atoms in total. The third kappa shape index (κ3) is 2.16. The van der Waals surface area contributed by atoms with Gasteiger partial charge in [0.1, 0.15) is 5.82 Å². The summed E-state index contributed by atoms with van der Waals surface area (Å²) in [5, 5.41) is 4.09. The van der Waals surface area contributed by atoms with E-state index in [0.29, 0.717) is 0 Å². The van der Waals surface area contributed by atoms with Gasteiger partial charge >= 0.3 is 0 Å². The second-order valence-corrected chi connectivity index (χ2v) is 7.11. The summed E-state index contributed by atoms with van der Waals surface area (Å²) >= 11 is 0. The van der Waals surface area contributed by atoms with Gasteiger partial charge in [0.15, 0.2) is 0 Å². The van der Waals surface area contributed by atoms with Gasteiger partial charge in [-0.1, -0.05) is 25.0 Å². The molecule has 1 aliphatic carbocycles. The van der Waals surface area contributed by atoms with Crippen LogP contribution in [-0.2, 0) is 4.79 Å². The zero-order valence-corrected chi connectivity index (χ0v) is 12.4. The van der Waals surface area contributed by atoms with E-state index in [2.05, 4.69) is 11.9 Å². The number of hydrogen-bond donors (Lipinski definition) is 0. The fraction of sp³-hybridized carbons (Fsp3) is 0.588. The Bertz CT molecular complexity index is 586. The molecular formula is C17H21FN2O. The van der Waals surface area contributed by atoms with Crippen LogP contribution in [0.3, 0.4) is 0 Å². The van der Waals surface area contributed by atoms with Crippen LogP contribution >= 0.6 is 0 Å². The van der Waals surface area contributed by atoms with Crippen LogP contribution in [0, 0.1) is 17.2 Å². The maximum Gasteiger partial charge on any atom is 0.244 e. The normalized spacial score (nSPS) is 32.8. The van der Waals surface area contributed by atoms with Gasteiger partial charge < -0.3 is 0 Å². The predicted molar refractivity (Wildman–Crippen MR) is 77.6 cm³/mol. The fourth-order valence-corrected chi connectivity index (χ4v) is 4.00. The zero-order chi connectivity index (χ0) is 14.6. The van der Waals surface area contributed by atoms with Gasteiger partial charge in [-0.25, -0.2) is 9.40 Å². The lowest BCUT2D eigenvalue weighted by atomic mass is 9.84. The van der Waals surface area contributed by atoms with E-state index in [0.717, 1.165) is 37.4 Å². The van der Waals surface area contributed by atoms with E-state index in [-0.39, 0.29) is 23.2 Å². The molecule has 1 amide bonds. The van der Waals surface area contributed by atoms with E-state index in [9.17, 15) is 9.18 Å². The molecule has 112 valence electrons. The minimum atomic E-state index is -0.243. The van der Waals surface area contributed by atoms with Crippen LogP contribution in [0.5, 0.6) is 0 Å². The van der Waals surface area contributed by atoms with Crippen LogP contribution in [0.15, 0.2) is 24.3 Å². The minimum absolute atomic E-state index is 0.00854. The Morgan fingerprint density at radius 2 is 2.14 bits per heavy atom. The SMILES string of the molecule is C[C@]1(CC2CC2)CN2CC[C@H](c3cccc(F)c3)N2C1=O. The third-order valence-corrected chi connectivity index (χ3v) is 5.19. The molecule has 1 aromatic rings. The molecule has 2 saturated heterocycles. The molecule has 21 heavy (non-hydrogen) atoms. The first-order chi connectivity index (χ1) is 10.1. The van der Waals surface area contributed by atoms with E-state index in [1.165, 1.54) is 18.9 Å². The summed E-state index contributed by atoms with van der Waals surface area (Å²) in [6.07, 6.45) is 4.45. The summed E-state index contributed by atoms with van der Waals surface area (Å²) in [6, 6.07) is 6.70. The Labute approximate surface area is 124 Å². The van der Waals surface area contributed by atoms with Crippen molar-refractivity contribution in [3.8, 4) is 0 Å². The Morgan fingerprint density at radius 1 is 1.33 bits per heavy atom. The predicted octanol–water partition coefficient (Wildman–Crippen LogP) is 3.14.